The lowest BCUT2D eigenvalue weighted by Gasteiger charge is -2.26. The van der Waals surface area contributed by atoms with Crippen molar-refractivity contribution >= 4 is 62.5 Å². The van der Waals surface area contributed by atoms with Crippen molar-refractivity contribution in [3.63, 3.8) is 0 Å². The average molecular weight is 792 g/mol. The standard InChI is InChI=1S/C42H34FN3O6S3/c43-31-18-16-29(17-19-31)39(47)36-12-6-7-13-37(36)41(49)46-25-33(53-26-30-10-4-5-11-35(30)28-8-2-1-3-9-28)23-32(46)24-44-55(51,52)34-20-14-27(15-21-34)22-38-40(48)45-42(50)54-38/h1-22,32-33,44H,23-26H2,(H,45,48,50)/b38-22-/t32-,33+/m0/s1. The van der Waals surface area contributed by atoms with Crippen LogP contribution in [0.5, 0.6) is 0 Å². The zero-order valence-electron chi connectivity index (χ0n) is 29.2. The molecule has 0 aromatic heterocycles. The van der Waals surface area contributed by atoms with Gasteiger partial charge in [-0.3, -0.25) is 24.5 Å². The lowest BCUT2D eigenvalue weighted by Crippen LogP contribution is -2.43. The normalized spacial score (nSPS) is 17.8. The van der Waals surface area contributed by atoms with E-state index in [0.717, 1.165) is 28.5 Å². The monoisotopic (exact) mass is 791 g/mol. The molecule has 2 atom stereocenters. The van der Waals surface area contributed by atoms with E-state index in [1.54, 1.807) is 53.1 Å². The van der Waals surface area contributed by atoms with Crippen LogP contribution in [0.1, 0.15) is 43.8 Å². The van der Waals surface area contributed by atoms with Crippen LogP contribution >= 0.6 is 23.5 Å². The Bertz CT molecular complexity index is 2410. The number of nitrogens with zero attached hydrogens (tertiary/aromatic N) is 1. The molecule has 3 amide bonds. The second-order valence-electron chi connectivity index (χ2n) is 13.0. The summed E-state index contributed by atoms with van der Waals surface area (Å²) < 4.78 is 43.5. The number of carbonyl (C=O) groups is 4. The number of amides is 3. The summed E-state index contributed by atoms with van der Waals surface area (Å²) in [5, 5.41) is 1.67. The van der Waals surface area contributed by atoms with Crippen LogP contribution < -0.4 is 10.0 Å². The van der Waals surface area contributed by atoms with Crippen molar-refractivity contribution in [1.82, 2.24) is 14.9 Å². The van der Waals surface area contributed by atoms with Gasteiger partial charge >= 0.3 is 0 Å². The fraction of sp³-hybridized carbons (Fsp3) is 0.143. The Morgan fingerprint density at radius 2 is 1.53 bits per heavy atom. The number of hydrogen-bond acceptors (Lipinski definition) is 8. The molecule has 2 heterocycles. The summed E-state index contributed by atoms with van der Waals surface area (Å²) in [6, 6.07) is 35.2. The van der Waals surface area contributed by atoms with Gasteiger partial charge in [-0.15, -0.1) is 0 Å². The molecule has 13 heteroatoms. The smallest absolute Gasteiger partial charge is 0.290 e. The molecule has 55 heavy (non-hydrogen) atoms. The number of hydrogen-bond donors (Lipinski definition) is 2. The number of benzene rings is 5. The van der Waals surface area contributed by atoms with Crippen molar-refractivity contribution in [3.05, 3.63) is 166 Å². The second-order valence-corrected chi connectivity index (χ2v) is 17.0. The number of thioether (sulfide) groups is 2. The van der Waals surface area contributed by atoms with Crippen molar-refractivity contribution in [2.24, 2.45) is 0 Å². The molecule has 7 rings (SSSR count). The molecule has 2 fully saturated rings. The lowest BCUT2D eigenvalue weighted by atomic mass is 9.97. The Labute approximate surface area is 326 Å². The minimum Gasteiger partial charge on any atom is -0.333 e. The maximum atomic E-state index is 14.4. The van der Waals surface area contributed by atoms with E-state index < -0.39 is 44.7 Å². The number of likely N-dealkylation sites (tertiary alicyclic amines) is 1. The van der Waals surface area contributed by atoms with Crippen LogP contribution in [0.2, 0.25) is 0 Å². The molecule has 0 bridgehead atoms. The van der Waals surface area contributed by atoms with E-state index in [2.05, 4.69) is 34.3 Å². The van der Waals surface area contributed by atoms with Gasteiger partial charge in [-0.25, -0.2) is 17.5 Å². The Kier molecular flexibility index (Phi) is 11.4. The molecular formula is C42H34FN3O6S3. The largest absolute Gasteiger partial charge is 0.333 e. The van der Waals surface area contributed by atoms with Gasteiger partial charge < -0.3 is 4.90 Å². The van der Waals surface area contributed by atoms with Gasteiger partial charge in [-0.1, -0.05) is 84.9 Å². The summed E-state index contributed by atoms with van der Waals surface area (Å²) in [6.07, 6.45) is 2.00. The predicted octanol–water partition coefficient (Wildman–Crippen LogP) is 7.54. The summed E-state index contributed by atoms with van der Waals surface area (Å²) in [4.78, 5) is 53.3. The topological polar surface area (TPSA) is 130 Å². The van der Waals surface area contributed by atoms with Crippen molar-refractivity contribution in [2.45, 2.75) is 28.4 Å². The first-order chi connectivity index (χ1) is 26.6. The van der Waals surface area contributed by atoms with Crippen molar-refractivity contribution < 1.29 is 32.0 Å². The third-order valence-corrected chi connectivity index (χ3v) is 12.9. The van der Waals surface area contributed by atoms with Crippen molar-refractivity contribution in [1.29, 1.82) is 0 Å². The van der Waals surface area contributed by atoms with Gasteiger partial charge in [0.15, 0.2) is 5.78 Å². The molecule has 0 saturated carbocycles. The number of carbonyl (C=O) groups excluding carboxylic acids is 4. The van der Waals surface area contributed by atoms with Gasteiger partial charge in [0, 0.05) is 41.3 Å². The molecule has 278 valence electrons. The van der Waals surface area contributed by atoms with Crippen LogP contribution in [0, 0.1) is 5.82 Å². The molecule has 2 aliphatic heterocycles. The zero-order chi connectivity index (χ0) is 38.5. The van der Waals surface area contributed by atoms with E-state index in [-0.39, 0.29) is 38.3 Å². The van der Waals surface area contributed by atoms with Gasteiger partial charge in [0.2, 0.25) is 10.0 Å². The highest BCUT2D eigenvalue weighted by Gasteiger charge is 2.38. The highest BCUT2D eigenvalue weighted by molar-refractivity contribution is 8.18. The number of imide groups is 1. The van der Waals surface area contributed by atoms with Crippen molar-refractivity contribution in [2.75, 3.05) is 13.1 Å². The van der Waals surface area contributed by atoms with Gasteiger partial charge in [0.05, 0.1) is 15.4 Å². The van der Waals surface area contributed by atoms with E-state index in [4.69, 9.17) is 0 Å². The number of rotatable bonds is 12. The van der Waals surface area contributed by atoms with E-state index in [0.29, 0.717) is 24.3 Å². The average Bonchev–Trinajstić information content (AvgIpc) is 3.77. The minimum absolute atomic E-state index is 0.0104. The summed E-state index contributed by atoms with van der Waals surface area (Å²) in [7, 11) is -4.03. The first kappa shape index (κ1) is 38.0. The summed E-state index contributed by atoms with van der Waals surface area (Å²) in [5.41, 5.74) is 4.46. The summed E-state index contributed by atoms with van der Waals surface area (Å²) >= 11 is 2.46. The Morgan fingerprint density at radius 1 is 0.855 bits per heavy atom. The first-order valence-electron chi connectivity index (χ1n) is 17.4. The number of nitrogens with one attached hydrogen (secondary N) is 2. The highest BCUT2D eigenvalue weighted by atomic mass is 32.2. The third-order valence-electron chi connectivity index (χ3n) is 9.36. The summed E-state index contributed by atoms with van der Waals surface area (Å²) in [6.45, 7) is 0.241. The number of halogens is 1. The van der Waals surface area contributed by atoms with Crippen LogP contribution in [0.25, 0.3) is 17.2 Å². The van der Waals surface area contributed by atoms with E-state index in [1.165, 1.54) is 42.5 Å². The van der Waals surface area contributed by atoms with E-state index in [1.807, 2.05) is 30.3 Å². The fourth-order valence-corrected chi connectivity index (χ4v) is 9.62. The molecule has 2 aliphatic rings. The molecule has 0 radical (unpaired) electrons. The molecule has 5 aromatic carbocycles. The van der Waals surface area contributed by atoms with E-state index >= 15 is 0 Å². The van der Waals surface area contributed by atoms with Gasteiger partial charge in [-0.2, -0.15) is 11.8 Å². The van der Waals surface area contributed by atoms with Crippen LogP contribution in [-0.4, -0.2) is 60.5 Å². The predicted molar refractivity (Wildman–Crippen MR) is 213 cm³/mol. The first-order valence-corrected chi connectivity index (χ1v) is 20.7. The fourth-order valence-electron chi connectivity index (χ4n) is 6.57. The molecule has 0 spiro atoms. The molecule has 2 saturated heterocycles. The Morgan fingerprint density at radius 3 is 2.24 bits per heavy atom. The highest BCUT2D eigenvalue weighted by Crippen LogP contribution is 2.35. The molecule has 0 aliphatic carbocycles. The van der Waals surface area contributed by atoms with Crippen LogP contribution in [0.4, 0.5) is 9.18 Å². The molecule has 2 N–H and O–H groups in total. The SMILES string of the molecule is O=C1NC(=O)/C(=C/c2ccc(S(=O)(=O)NC[C@@H]3C[C@@H](SCc4ccccc4-c4ccccc4)CN3C(=O)c3ccccc3C(=O)c3ccc(F)cc3)cc2)S1. The van der Waals surface area contributed by atoms with Gasteiger partial charge in [0.1, 0.15) is 5.82 Å². The molecular weight excluding hydrogens is 758 g/mol. The number of sulfonamides is 1. The van der Waals surface area contributed by atoms with Gasteiger partial charge in [-0.05, 0) is 89.0 Å². The maximum Gasteiger partial charge on any atom is 0.290 e. The molecule has 9 nitrogen and oxygen atoms in total. The zero-order valence-corrected chi connectivity index (χ0v) is 31.6. The van der Waals surface area contributed by atoms with Crippen LogP contribution in [0.3, 0.4) is 0 Å². The van der Waals surface area contributed by atoms with Crippen LogP contribution in [-0.2, 0) is 20.6 Å². The van der Waals surface area contributed by atoms with Gasteiger partial charge in [0.25, 0.3) is 17.1 Å². The Balaban J connectivity index is 1.12. The second kappa shape index (κ2) is 16.6. The lowest BCUT2D eigenvalue weighted by molar-refractivity contribution is -0.115. The molecule has 0 unspecified atom stereocenters. The van der Waals surface area contributed by atoms with Crippen LogP contribution in [0.15, 0.2) is 137 Å². The van der Waals surface area contributed by atoms with Crippen molar-refractivity contribution in [3.8, 4) is 11.1 Å². The summed E-state index contributed by atoms with van der Waals surface area (Å²) in [5.74, 6) is -1.17. The van der Waals surface area contributed by atoms with E-state index in [9.17, 15) is 32.0 Å². The minimum atomic E-state index is -4.03. The maximum absolute atomic E-state index is 14.4. The third kappa shape index (κ3) is 8.81. The quantitative estimate of drug-likeness (QED) is 0.0980. The Hall–Kier alpha value is -5.34. The molecule has 5 aromatic rings. The number of ketones is 1.